The number of carbonyl (C=O) groups is 2. The quantitative estimate of drug-likeness (QED) is 0.552. The van der Waals surface area contributed by atoms with E-state index in [0.717, 1.165) is 12.1 Å². The first-order valence-corrected chi connectivity index (χ1v) is 9.43. The normalized spacial score (nSPS) is 15.8. The molecule has 0 fully saturated rings. The van der Waals surface area contributed by atoms with Gasteiger partial charge >= 0.3 is 12.1 Å². The van der Waals surface area contributed by atoms with Crippen LogP contribution in [0.3, 0.4) is 0 Å². The van der Waals surface area contributed by atoms with Gasteiger partial charge in [-0.05, 0) is 35.9 Å². The summed E-state index contributed by atoms with van der Waals surface area (Å²) in [5.41, 5.74) is -0.190. The van der Waals surface area contributed by atoms with E-state index in [1.807, 2.05) is 0 Å². The average Bonchev–Trinajstić information content (AvgIpc) is 3.12. The molecule has 1 aromatic heterocycles. The second-order valence-corrected chi connectivity index (χ2v) is 7.26. The molecule has 4 rings (SSSR count). The molecule has 0 saturated carbocycles. The fraction of sp³-hybridized carbons (Fsp3) is 0.182. The van der Waals surface area contributed by atoms with Gasteiger partial charge in [0.25, 0.3) is 0 Å². The Morgan fingerprint density at radius 3 is 2.62 bits per heavy atom. The van der Waals surface area contributed by atoms with Gasteiger partial charge in [-0.2, -0.15) is 13.2 Å². The Balaban J connectivity index is 1.96. The molecule has 7 nitrogen and oxygen atoms in total. The number of benzene rings is 2. The number of rotatable bonds is 4. The summed E-state index contributed by atoms with van der Waals surface area (Å²) < 4.78 is 46.3. The number of phenols is 1. The molecule has 32 heavy (non-hydrogen) atoms. The Morgan fingerprint density at radius 1 is 1.22 bits per heavy atom. The Bertz CT molecular complexity index is 1230. The Labute approximate surface area is 179 Å². The number of carboxylic acids is 1. The highest BCUT2D eigenvalue weighted by molar-refractivity contribution is 6.04. The van der Waals surface area contributed by atoms with E-state index in [4.69, 9.17) is 4.74 Å². The molecule has 1 amide bonds. The molecule has 0 bridgehead atoms. The van der Waals surface area contributed by atoms with Crippen molar-refractivity contribution < 1.29 is 37.7 Å². The highest BCUT2D eigenvalue weighted by Gasteiger charge is 2.36. The minimum absolute atomic E-state index is 0.0169. The highest BCUT2D eigenvalue weighted by Crippen LogP contribution is 2.43. The van der Waals surface area contributed by atoms with Crippen molar-refractivity contribution in [3.05, 3.63) is 71.0 Å². The van der Waals surface area contributed by atoms with E-state index >= 15 is 0 Å². The van der Waals surface area contributed by atoms with Crippen molar-refractivity contribution in [1.29, 1.82) is 0 Å². The average molecular weight is 446 g/mol. The number of aromatic carboxylic acids is 1. The lowest BCUT2D eigenvalue weighted by Gasteiger charge is -2.26. The summed E-state index contributed by atoms with van der Waals surface area (Å²) >= 11 is 0. The van der Waals surface area contributed by atoms with Gasteiger partial charge in [0, 0.05) is 24.2 Å². The standard InChI is InChI=1S/C22H17F3N2O5/c1-32-17-7-11(5-6-16(17)28)14-9-18(29)26-19-15(21(30)31)10-27(20(14)19)13-4-2-3-12(8-13)22(23,24)25/h2-8,10,14,28H,9H2,1H3,(H,26,29)(H,30,31)/t14-/m1/s1. The number of nitrogens with zero attached hydrogens (tertiary/aromatic N) is 1. The molecule has 0 spiro atoms. The molecule has 3 N–H and O–H groups in total. The van der Waals surface area contributed by atoms with Crippen LogP contribution in [-0.4, -0.2) is 33.8 Å². The van der Waals surface area contributed by atoms with Gasteiger partial charge in [-0.25, -0.2) is 4.79 Å². The number of hydrogen-bond donors (Lipinski definition) is 3. The van der Waals surface area contributed by atoms with Crippen molar-refractivity contribution in [2.75, 3.05) is 12.4 Å². The monoisotopic (exact) mass is 446 g/mol. The number of ether oxygens (including phenoxy) is 1. The minimum Gasteiger partial charge on any atom is -0.504 e. The van der Waals surface area contributed by atoms with Crippen LogP contribution in [0, 0.1) is 0 Å². The molecule has 2 aromatic carbocycles. The van der Waals surface area contributed by atoms with Crippen LogP contribution in [0.1, 0.15) is 39.5 Å². The number of amides is 1. The maximum atomic E-state index is 13.3. The zero-order chi connectivity index (χ0) is 23.2. The van der Waals surface area contributed by atoms with E-state index in [1.165, 1.54) is 42.1 Å². The molecule has 0 unspecified atom stereocenters. The Morgan fingerprint density at radius 2 is 1.97 bits per heavy atom. The molecule has 0 aliphatic carbocycles. The van der Waals surface area contributed by atoms with Crippen molar-refractivity contribution in [2.45, 2.75) is 18.5 Å². The topological polar surface area (TPSA) is 101 Å². The van der Waals surface area contributed by atoms with Crippen molar-refractivity contribution in [1.82, 2.24) is 4.57 Å². The molecule has 1 atom stereocenters. The van der Waals surface area contributed by atoms with Gasteiger partial charge in [0.1, 0.15) is 5.56 Å². The molecule has 0 saturated heterocycles. The van der Waals surface area contributed by atoms with Gasteiger partial charge in [-0.15, -0.1) is 0 Å². The second kappa shape index (κ2) is 7.63. The number of carboxylic acid groups (broad SMARTS) is 1. The Hall–Kier alpha value is -3.95. The number of fused-ring (bicyclic) bond motifs is 1. The van der Waals surface area contributed by atoms with Crippen LogP contribution in [-0.2, 0) is 11.0 Å². The van der Waals surface area contributed by atoms with Crippen LogP contribution < -0.4 is 10.1 Å². The molecule has 0 radical (unpaired) electrons. The maximum absolute atomic E-state index is 13.3. The molecule has 2 heterocycles. The zero-order valence-corrected chi connectivity index (χ0v) is 16.6. The molecular weight excluding hydrogens is 429 g/mol. The molecule has 166 valence electrons. The SMILES string of the molecule is COc1cc([C@H]2CC(=O)Nc3c(C(=O)O)cn(-c4cccc(C(F)(F)F)c4)c32)ccc1O. The number of alkyl halides is 3. The summed E-state index contributed by atoms with van der Waals surface area (Å²) in [4.78, 5) is 24.2. The van der Waals surface area contributed by atoms with Crippen LogP contribution in [0.15, 0.2) is 48.7 Å². The summed E-state index contributed by atoms with van der Waals surface area (Å²) in [7, 11) is 1.35. The first kappa shape index (κ1) is 21.3. The van der Waals surface area contributed by atoms with Crippen molar-refractivity contribution in [3.63, 3.8) is 0 Å². The summed E-state index contributed by atoms with van der Waals surface area (Å²) in [5.74, 6) is -2.46. The summed E-state index contributed by atoms with van der Waals surface area (Å²) in [6, 6.07) is 8.91. The number of phenolic OH excluding ortho intramolecular Hbond substituents is 1. The largest absolute Gasteiger partial charge is 0.504 e. The summed E-state index contributed by atoms with van der Waals surface area (Å²) in [5, 5.41) is 22.1. The Kier molecular flexibility index (Phi) is 5.08. The second-order valence-electron chi connectivity index (χ2n) is 7.26. The molecular formula is C22H17F3N2O5. The number of aromatic nitrogens is 1. The number of nitrogens with one attached hydrogen (secondary N) is 1. The van der Waals surface area contributed by atoms with E-state index < -0.39 is 29.5 Å². The third-order valence-corrected chi connectivity index (χ3v) is 5.32. The van der Waals surface area contributed by atoms with Crippen LogP contribution in [0.2, 0.25) is 0 Å². The van der Waals surface area contributed by atoms with E-state index in [2.05, 4.69) is 5.32 Å². The van der Waals surface area contributed by atoms with Gasteiger partial charge < -0.3 is 24.8 Å². The first-order valence-electron chi connectivity index (χ1n) is 9.43. The summed E-state index contributed by atoms with van der Waals surface area (Å²) in [6.45, 7) is 0. The predicted molar refractivity (Wildman–Crippen MR) is 107 cm³/mol. The first-order chi connectivity index (χ1) is 15.1. The van der Waals surface area contributed by atoms with Crippen molar-refractivity contribution >= 4 is 17.6 Å². The van der Waals surface area contributed by atoms with E-state index in [0.29, 0.717) is 11.3 Å². The molecule has 1 aliphatic heterocycles. The number of halogens is 3. The van der Waals surface area contributed by atoms with Gasteiger partial charge in [-0.1, -0.05) is 12.1 Å². The molecule has 10 heteroatoms. The van der Waals surface area contributed by atoms with Gasteiger partial charge in [0.05, 0.1) is 24.1 Å². The lowest BCUT2D eigenvalue weighted by atomic mass is 9.88. The van der Waals surface area contributed by atoms with E-state index in [1.54, 1.807) is 6.07 Å². The van der Waals surface area contributed by atoms with Crippen LogP contribution in [0.25, 0.3) is 5.69 Å². The smallest absolute Gasteiger partial charge is 0.416 e. The molecule has 3 aromatic rings. The fourth-order valence-corrected chi connectivity index (χ4v) is 3.86. The van der Waals surface area contributed by atoms with Gasteiger partial charge in [0.15, 0.2) is 11.5 Å². The minimum atomic E-state index is -4.59. The lowest BCUT2D eigenvalue weighted by Crippen LogP contribution is -2.25. The fourth-order valence-electron chi connectivity index (χ4n) is 3.86. The number of carbonyl (C=O) groups excluding carboxylic acids is 1. The third kappa shape index (κ3) is 3.64. The number of methoxy groups -OCH3 is 1. The zero-order valence-electron chi connectivity index (χ0n) is 16.6. The van der Waals surface area contributed by atoms with Crippen molar-refractivity contribution in [2.24, 2.45) is 0 Å². The summed E-state index contributed by atoms with van der Waals surface area (Å²) in [6.07, 6.45) is -3.47. The predicted octanol–water partition coefficient (Wildman–Crippen LogP) is 4.38. The van der Waals surface area contributed by atoms with E-state index in [9.17, 15) is 33.0 Å². The molecule has 1 aliphatic rings. The van der Waals surface area contributed by atoms with Crippen molar-refractivity contribution in [3.8, 4) is 17.2 Å². The van der Waals surface area contributed by atoms with Gasteiger partial charge in [-0.3, -0.25) is 4.79 Å². The third-order valence-electron chi connectivity index (χ3n) is 5.32. The number of hydrogen-bond acceptors (Lipinski definition) is 4. The highest BCUT2D eigenvalue weighted by atomic mass is 19.4. The van der Waals surface area contributed by atoms with E-state index in [-0.39, 0.29) is 34.9 Å². The van der Waals surface area contributed by atoms with Crippen LogP contribution >= 0.6 is 0 Å². The van der Waals surface area contributed by atoms with Crippen LogP contribution in [0.5, 0.6) is 11.5 Å². The number of anilines is 1. The maximum Gasteiger partial charge on any atom is 0.416 e. The number of aromatic hydroxyl groups is 1. The lowest BCUT2D eigenvalue weighted by molar-refractivity contribution is -0.137. The van der Waals surface area contributed by atoms with Crippen LogP contribution in [0.4, 0.5) is 18.9 Å². The van der Waals surface area contributed by atoms with Gasteiger partial charge in [0.2, 0.25) is 5.91 Å².